The third kappa shape index (κ3) is 1.77. The summed E-state index contributed by atoms with van der Waals surface area (Å²) >= 11 is 0. The summed E-state index contributed by atoms with van der Waals surface area (Å²) in [4.78, 5) is 9.61. The molecule has 0 bridgehead atoms. The number of ether oxygens (including phenoxy) is 1. The van der Waals surface area contributed by atoms with Crippen molar-refractivity contribution in [2.75, 3.05) is 7.11 Å². The van der Waals surface area contributed by atoms with E-state index >= 15 is 0 Å². The zero-order chi connectivity index (χ0) is 15.1. The molecule has 0 atom stereocenters. The van der Waals surface area contributed by atoms with E-state index in [9.17, 15) is 0 Å². The molecule has 0 spiro atoms. The fourth-order valence-electron chi connectivity index (χ4n) is 2.85. The van der Waals surface area contributed by atoms with Gasteiger partial charge in [-0.05, 0) is 30.3 Å². The van der Waals surface area contributed by atoms with Crippen LogP contribution in [0.25, 0.3) is 33.1 Å². The van der Waals surface area contributed by atoms with Gasteiger partial charge in [-0.3, -0.25) is 0 Å². The molecule has 4 nitrogen and oxygen atoms in total. The summed E-state index contributed by atoms with van der Waals surface area (Å²) < 4.78 is 7.49. The Morgan fingerprint density at radius 3 is 2.64 bits per heavy atom. The van der Waals surface area contributed by atoms with Crippen LogP contribution in [0, 0.1) is 0 Å². The number of para-hydroxylation sites is 2. The summed E-state index contributed by atoms with van der Waals surface area (Å²) in [6, 6.07) is 13.9. The molecule has 0 saturated carbocycles. The normalized spacial score (nSPS) is 11.3. The smallest absolute Gasteiger partial charge is 0.160 e. The predicted octanol–water partition coefficient (Wildman–Crippen LogP) is 3.93. The van der Waals surface area contributed by atoms with Crippen molar-refractivity contribution in [3.8, 4) is 5.75 Å². The minimum atomic E-state index is 0.694. The van der Waals surface area contributed by atoms with Gasteiger partial charge in [-0.2, -0.15) is 0 Å². The Morgan fingerprint density at radius 1 is 1.14 bits per heavy atom. The molecule has 0 amide bonds. The Hall–Kier alpha value is -2.88. The molecule has 0 fully saturated rings. The van der Waals surface area contributed by atoms with E-state index in [0.717, 1.165) is 38.8 Å². The number of hydrogen-bond acceptors (Lipinski definition) is 3. The number of benzene rings is 2. The van der Waals surface area contributed by atoms with Crippen LogP contribution in [0.4, 0.5) is 0 Å². The SMILES string of the molecule is C=CCn1c2ccc(OC)cc2c2nc3ccccc3nc21. The second-order valence-electron chi connectivity index (χ2n) is 5.17. The van der Waals surface area contributed by atoms with Crippen molar-refractivity contribution in [1.29, 1.82) is 0 Å². The maximum absolute atomic E-state index is 5.35. The Bertz CT molecular complexity index is 1020. The first kappa shape index (κ1) is 12.8. The molecule has 0 radical (unpaired) electrons. The van der Waals surface area contributed by atoms with Crippen LogP contribution in [-0.2, 0) is 6.54 Å². The molecule has 2 heterocycles. The van der Waals surface area contributed by atoms with Gasteiger partial charge in [0.25, 0.3) is 0 Å². The molecule has 22 heavy (non-hydrogen) atoms. The van der Waals surface area contributed by atoms with Gasteiger partial charge in [-0.15, -0.1) is 6.58 Å². The van der Waals surface area contributed by atoms with Gasteiger partial charge < -0.3 is 9.30 Å². The minimum Gasteiger partial charge on any atom is -0.497 e. The van der Waals surface area contributed by atoms with Crippen molar-refractivity contribution in [3.05, 3.63) is 55.1 Å². The van der Waals surface area contributed by atoms with Crippen LogP contribution in [0.2, 0.25) is 0 Å². The summed E-state index contributed by atoms with van der Waals surface area (Å²) in [6.07, 6.45) is 1.87. The van der Waals surface area contributed by atoms with E-state index in [1.165, 1.54) is 0 Å². The van der Waals surface area contributed by atoms with Crippen LogP contribution in [0.1, 0.15) is 0 Å². The van der Waals surface area contributed by atoms with Gasteiger partial charge >= 0.3 is 0 Å². The lowest BCUT2D eigenvalue weighted by atomic mass is 10.2. The summed E-state index contributed by atoms with van der Waals surface area (Å²) in [5.41, 5.74) is 4.66. The van der Waals surface area contributed by atoms with Gasteiger partial charge in [-0.1, -0.05) is 18.2 Å². The van der Waals surface area contributed by atoms with Crippen molar-refractivity contribution in [2.24, 2.45) is 0 Å². The van der Waals surface area contributed by atoms with Crippen LogP contribution in [0.15, 0.2) is 55.1 Å². The standard InChI is InChI=1S/C18H15N3O/c1-3-10-21-16-9-8-12(22-2)11-13(16)17-18(21)20-15-7-5-4-6-14(15)19-17/h3-9,11H,1,10H2,2H3. The highest BCUT2D eigenvalue weighted by molar-refractivity contribution is 6.07. The minimum absolute atomic E-state index is 0.694. The highest BCUT2D eigenvalue weighted by Crippen LogP contribution is 2.30. The summed E-state index contributed by atoms with van der Waals surface area (Å²) in [6.45, 7) is 4.55. The summed E-state index contributed by atoms with van der Waals surface area (Å²) in [5, 5.41) is 1.05. The number of rotatable bonds is 3. The van der Waals surface area contributed by atoms with Crippen LogP contribution >= 0.6 is 0 Å². The molecular formula is C18H15N3O. The van der Waals surface area contributed by atoms with E-state index in [1.807, 2.05) is 48.5 Å². The van der Waals surface area contributed by atoms with Gasteiger partial charge in [0.05, 0.1) is 23.7 Å². The molecule has 2 aromatic carbocycles. The number of nitrogens with zero attached hydrogens (tertiary/aromatic N) is 3. The second kappa shape index (κ2) is 4.84. The van der Waals surface area contributed by atoms with Crippen LogP contribution in [0.5, 0.6) is 5.75 Å². The number of methoxy groups -OCH3 is 1. The average Bonchev–Trinajstić information content (AvgIpc) is 2.86. The average molecular weight is 289 g/mol. The monoisotopic (exact) mass is 289 g/mol. The molecule has 0 saturated heterocycles. The number of fused-ring (bicyclic) bond motifs is 4. The molecule has 0 aliphatic carbocycles. The van der Waals surface area contributed by atoms with Crippen molar-refractivity contribution in [3.63, 3.8) is 0 Å². The molecule has 0 aliphatic heterocycles. The van der Waals surface area contributed by atoms with Crippen LogP contribution in [-0.4, -0.2) is 21.6 Å². The van der Waals surface area contributed by atoms with Crippen LogP contribution in [0.3, 0.4) is 0 Å². The van der Waals surface area contributed by atoms with Crippen molar-refractivity contribution < 1.29 is 4.74 Å². The molecule has 4 aromatic rings. The Kier molecular flexibility index (Phi) is 2.82. The van der Waals surface area contributed by atoms with Crippen molar-refractivity contribution >= 4 is 33.1 Å². The topological polar surface area (TPSA) is 39.9 Å². The highest BCUT2D eigenvalue weighted by Gasteiger charge is 2.14. The van der Waals surface area contributed by atoms with E-state index in [0.29, 0.717) is 6.54 Å². The molecule has 108 valence electrons. The quantitative estimate of drug-likeness (QED) is 0.536. The van der Waals surface area contributed by atoms with Crippen molar-refractivity contribution in [1.82, 2.24) is 14.5 Å². The maximum Gasteiger partial charge on any atom is 0.160 e. The lowest BCUT2D eigenvalue weighted by Gasteiger charge is -2.03. The van der Waals surface area contributed by atoms with Gasteiger partial charge in [0.1, 0.15) is 11.3 Å². The maximum atomic E-state index is 5.35. The largest absolute Gasteiger partial charge is 0.497 e. The van der Waals surface area contributed by atoms with Gasteiger partial charge in [0.2, 0.25) is 0 Å². The first-order valence-corrected chi connectivity index (χ1v) is 7.15. The molecule has 0 aliphatic rings. The molecule has 4 heteroatoms. The van der Waals surface area contributed by atoms with E-state index in [4.69, 9.17) is 14.7 Å². The number of hydrogen-bond donors (Lipinski definition) is 0. The van der Waals surface area contributed by atoms with Crippen molar-refractivity contribution in [2.45, 2.75) is 6.54 Å². The van der Waals surface area contributed by atoms with Gasteiger partial charge in [0.15, 0.2) is 5.65 Å². The predicted molar refractivity (Wildman–Crippen MR) is 89.3 cm³/mol. The lowest BCUT2D eigenvalue weighted by Crippen LogP contribution is -1.97. The van der Waals surface area contributed by atoms with E-state index < -0.39 is 0 Å². The first-order chi connectivity index (χ1) is 10.8. The van der Waals surface area contributed by atoms with E-state index in [2.05, 4.69) is 11.1 Å². The zero-order valence-electron chi connectivity index (χ0n) is 12.3. The van der Waals surface area contributed by atoms with E-state index in [-0.39, 0.29) is 0 Å². The second-order valence-corrected chi connectivity index (χ2v) is 5.17. The summed E-state index contributed by atoms with van der Waals surface area (Å²) in [5.74, 6) is 0.820. The molecule has 0 N–H and O–H groups in total. The Balaban J connectivity index is 2.20. The van der Waals surface area contributed by atoms with Crippen LogP contribution < -0.4 is 4.74 Å². The zero-order valence-corrected chi connectivity index (χ0v) is 12.3. The van der Waals surface area contributed by atoms with Gasteiger partial charge in [0, 0.05) is 11.9 Å². The summed E-state index contributed by atoms with van der Waals surface area (Å²) in [7, 11) is 1.67. The van der Waals surface area contributed by atoms with Gasteiger partial charge in [-0.25, -0.2) is 9.97 Å². The fourth-order valence-corrected chi connectivity index (χ4v) is 2.85. The molecular weight excluding hydrogens is 274 g/mol. The van der Waals surface area contributed by atoms with E-state index in [1.54, 1.807) is 7.11 Å². The number of aromatic nitrogens is 3. The fraction of sp³-hybridized carbons (Fsp3) is 0.111. The lowest BCUT2D eigenvalue weighted by molar-refractivity contribution is 0.415. The Morgan fingerprint density at radius 2 is 1.91 bits per heavy atom. The Labute approximate surface area is 127 Å². The third-order valence-corrected chi connectivity index (χ3v) is 3.87. The third-order valence-electron chi connectivity index (χ3n) is 3.87. The number of allylic oxidation sites excluding steroid dienone is 1. The molecule has 4 rings (SSSR count). The first-order valence-electron chi connectivity index (χ1n) is 7.15. The molecule has 2 aromatic heterocycles. The highest BCUT2D eigenvalue weighted by atomic mass is 16.5. The molecule has 0 unspecified atom stereocenters.